The minimum atomic E-state index is -0.541. The number of ketones is 1. The number of carbonyl (C=O) groups excluding carboxylic acids is 2. The van der Waals surface area contributed by atoms with Gasteiger partial charge in [0.25, 0.3) is 0 Å². The quantitative estimate of drug-likeness (QED) is 0.809. The van der Waals surface area contributed by atoms with Gasteiger partial charge in [-0.1, -0.05) is 0 Å². The Bertz CT molecular complexity index is 633. The van der Waals surface area contributed by atoms with Gasteiger partial charge in [0.2, 0.25) is 0 Å². The number of aromatic nitrogens is 1. The highest BCUT2D eigenvalue weighted by Gasteiger charge is 2.26. The van der Waals surface area contributed by atoms with Crippen molar-refractivity contribution in [2.24, 2.45) is 0 Å². The van der Waals surface area contributed by atoms with E-state index in [1.165, 1.54) is 11.3 Å². The van der Waals surface area contributed by atoms with Crippen LogP contribution in [0.3, 0.4) is 0 Å². The first-order chi connectivity index (χ1) is 10.2. The fourth-order valence-corrected chi connectivity index (χ4v) is 3.86. The van der Waals surface area contributed by atoms with Crippen LogP contribution in [-0.2, 0) is 20.7 Å². The predicted molar refractivity (Wildman–Crippen MR) is 82.5 cm³/mol. The van der Waals surface area contributed by atoms with E-state index < -0.39 is 6.10 Å². The molecule has 1 aliphatic rings. The molecule has 0 spiro atoms. The Morgan fingerprint density at radius 1 is 1.38 bits per heavy atom. The third kappa shape index (κ3) is 3.57. The van der Waals surface area contributed by atoms with Crippen molar-refractivity contribution in [3.63, 3.8) is 0 Å². The van der Waals surface area contributed by atoms with Crippen molar-refractivity contribution in [2.45, 2.75) is 38.2 Å². The van der Waals surface area contributed by atoms with Gasteiger partial charge in [-0.15, -0.1) is 11.3 Å². The van der Waals surface area contributed by atoms with E-state index in [4.69, 9.17) is 4.74 Å². The lowest BCUT2D eigenvalue weighted by Gasteiger charge is -2.20. The Balaban J connectivity index is 1.59. The number of Topliss-reactive ketones (excluding diaryl/α,β-unsaturated/α-hetero) is 1. The summed E-state index contributed by atoms with van der Waals surface area (Å²) in [6.07, 6.45) is 2.62. The molecule has 2 aromatic heterocycles. The second kappa shape index (κ2) is 6.49. The van der Waals surface area contributed by atoms with Gasteiger partial charge < -0.3 is 4.74 Å². The third-order valence-corrected chi connectivity index (χ3v) is 5.04. The number of rotatable bonds is 4. The van der Waals surface area contributed by atoms with E-state index in [1.54, 1.807) is 11.3 Å². The van der Waals surface area contributed by atoms with Crippen molar-refractivity contribution < 1.29 is 14.3 Å². The van der Waals surface area contributed by atoms with Crippen molar-refractivity contribution in [1.29, 1.82) is 0 Å². The van der Waals surface area contributed by atoms with E-state index in [1.807, 2.05) is 22.2 Å². The van der Waals surface area contributed by atoms with Gasteiger partial charge in [-0.3, -0.25) is 9.59 Å². The van der Waals surface area contributed by atoms with Crippen LogP contribution in [-0.4, -0.2) is 22.8 Å². The number of nitrogens with zero attached hydrogens (tertiary/aromatic N) is 1. The zero-order chi connectivity index (χ0) is 14.7. The lowest BCUT2D eigenvalue weighted by atomic mass is 9.96. The molecule has 0 N–H and O–H groups in total. The van der Waals surface area contributed by atoms with Crippen LogP contribution in [0.4, 0.5) is 0 Å². The Hall–Kier alpha value is -1.53. The summed E-state index contributed by atoms with van der Waals surface area (Å²) >= 11 is 3.14. The summed E-state index contributed by atoms with van der Waals surface area (Å²) in [4.78, 5) is 28.0. The van der Waals surface area contributed by atoms with E-state index in [0.29, 0.717) is 18.5 Å². The van der Waals surface area contributed by atoms with Crippen molar-refractivity contribution in [2.75, 3.05) is 0 Å². The van der Waals surface area contributed by atoms with Gasteiger partial charge >= 0.3 is 5.97 Å². The molecule has 0 aliphatic heterocycles. The Morgan fingerprint density at radius 2 is 2.29 bits per heavy atom. The molecule has 0 radical (unpaired) electrons. The topological polar surface area (TPSA) is 56.3 Å². The molecule has 0 bridgehead atoms. The number of hydrogen-bond acceptors (Lipinski definition) is 6. The van der Waals surface area contributed by atoms with Gasteiger partial charge in [0.05, 0.1) is 12.1 Å². The number of thiophene rings is 1. The molecule has 6 heteroatoms. The smallest absolute Gasteiger partial charge is 0.312 e. The molecule has 110 valence electrons. The first-order valence-corrected chi connectivity index (χ1v) is 8.74. The summed E-state index contributed by atoms with van der Waals surface area (Å²) in [7, 11) is 0. The zero-order valence-electron chi connectivity index (χ0n) is 11.4. The molecule has 0 unspecified atom stereocenters. The molecule has 0 aromatic carbocycles. The average molecular weight is 321 g/mol. The molecule has 1 aliphatic carbocycles. The molecule has 4 nitrogen and oxygen atoms in total. The monoisotopic (exact) mass is 321 g/mol. The Labute approximate surface area is 130 Å². The highest BCUT2D eigenvalue weighted by atomic mass is 32.1. The van der Waals surface area contributed by atoms with Crippen LogP contribution in [0.1, 0.15) is 31.4 Å². The molecule has 2 heterocycles. The lowest BCUT2D eigenvalue weighted by Crippen LogP contribution is -2.30. The molecule has 0 saturated heterocycles. The third-order valence-electron chi connectivity index (χ3n) is 3.42. The maximum absolute atomic E-state index is 11.9. The first kappa shape index (κ1) is 14.4. The molecular formula is C15H15NO3S2. The van der Waals surface area contributed by atoms with Gasteiger partial charge in [-0.05, 0) is 30.7 Å². The predicted octanol–water partition coefficient (Wildman–Crippen LogP) is 3.47. The molecule has 1 saturated carbocycles. The fourth-order valence-electron chi connectivity index (χ4n) is 2.33. The average Bonchev–Trinajstić information content (AvgIpc) is 3.12. The molecule has 2 aromatic rings. The summed E-state index contributed by atoms with van der Waals surface area (Å²) in [6, 6.07) is 2.01. The maximum Gasteiger partial charge on any atom is 0.312 e. The van der Waals surface area contributed by atoms with Crippen LogP contribution in [0, 0.1) is 0 Å². The van der Waals surface area contributed by atoms with E-state index in [0.717, 1.165) is 23.4 Å². The summed E-state index contributed by atoms with van der Waals surface area (Å²) in [5, 5.41) is 6.81. The number of ether oxygens (including phenoxy) is 1. The normalized spacial score (nSPS) is 18.7. The Kier molecular flexibility index (Phi) is 4.45. The van der Waals surface area contributed by atoms with Crippen LogP contribution in [0.25, 0.3) is 10.6 Å². The minimum absolute atomic E-state index is 0.0480. The maximum atomic E-state index is 11.9. The molecule has 21 heavy (non-hydrogen) atoms. The van der Waals surface area contributed by atoms with Crippen LogP contribution in [0.5, 0.6) is 0 Å². The molecular weight excluding hydrogens is 306 g/mol. The van der Waals surface area contributed by atoms with E-state index >= 15 is 0 Å². The lowest BCUT2D eigenvalue weighted by molar-refractivity contribution is -0.156. The zero-order valence-corrected chi connectivity index (χ0v) is 13.0. The van der Waals surface area contributed by atoms with Crippen LogP contribution in [0.2, 0.25) is 0 Å². The van der Waals surface area contributed by atoms with E-state index in [-0.39, 0.29) is 18.2 Å². The summed E-state index contributed by atoms with van der Waals surface area (Å²) in [6.45, 7) is 0. The minimum Gasteiger partial charge on any atom is -0.454 e. The van der Waals surface area contributed by atoms with Crippen LogP contribution in [0.15, 0.2) is 22.2 Å². The van der Waals surface area contributed by atoms with Gasteiger partial charge in [0.15, 0.2) is 11.9 Å². The summed E-state index contributed by atoms with van der Waals surface area (Å²) < 4.78 is 5.29. The largest absolute Gasteiger partial charge is 0.454 e. The summed E-state index contributed by atoms with van der Waals surface area (Å²) in [5.41, 5.74) is 1.78. The SMILES string of the molecule is O=C(Cc1csc(-c2ccsc2)n1)O[C@H]1CCCCC1=O. The second-order valence-electron chi connectivity index (χ2n) is 5.02. The standard InChI is InChI=1S/C15H15NO3S2/c17-12-3-1-2-4-13(12)19-14(18)7-11-9-21-15(16-11)10-5-6-20-8-10/h5-6,8-9,13H,1-4,7H2/t13-/m0/s1. The van der Waals surface area contributed by atoms with Crippen LogP contribution >= 0.6 is 22.7 Å². The molecule has 0 amide bonds. The number of thiazole rings is 1. The number of carbonyl (C=O) groups is 2. The highest BCUT2D eigenvalue weighted by Crippen LogP contribution is 2.26. The van der Waals surface area contributed by atoms with E-state index in [2.05, 4.69) is 4.98 Å². The summed E-state index contributed by atoms with van der Waals surface area (Å²) in [5.74, 6) is -0.316. The van der Waals surface area contributed by atoms with Crippen molar-refractivity contribution >= 4 is 34.4 Å². The Morgan fingerprint density at radius 3 is 3.05 bits per heavy atom. The number of hydrogen-bond donors (Lipinski definition) is 0. The highest BCUT2D eigenvalue weighted by molar-refractivity contribution is 7.14. The van der Waals surface area contributed by atoms with Crippen molar-refractivity contribution in [3.8, 4) is 10.6 Å². The van der Waals surface area contributed by atoms with Gasteiger partial charge in [0, 0.05) is 22.7 Å². The second-order valence-corrected chi connectivity index (χ2v) is 6.66. The van der Waals surface area contributed by atoms with Gasteiger partial charge in [-0.2, -0.15) is 11.3 Å². The van der Waals surface area contributed by atoms with E-state index in [9.17, 15) is 9.59 Å². The first-order valence-electron chi connectivity index (χ1n) is 6.91. The molecule has 3 rings (SSSR count). The number of esters is 1. The molecule has 1 fully saturated rings. The van der Waals surface area contributed by atoms with Crippen molar-refractivity contribution in [1.82, 2.24) is 4.98 Å². The van der Waals surface area contributed by atoms with Gasteiger partial charge in [0.1, 0.15) is 5.01 Å². The molecule has 1 atom stereocenters. The van der Waals surface area contributed by atoms with Gasteiger partial charge in [-0.25, -0.2) is 4.98 Å². The fraction of sp³-hybridized carbons (Fsp3) is 0.400. The van der Waals surface area contributed by atoms with Crippen molar-refractivity contribution in [3.05, 3.63) is 27.9 Å². The van der Waals surface area contributed by atoms with Crippen LogP contribution < -0.4 is 0 Å².